The standard InChI is InChI=1S/C29H30N2O6S/c32-18-20-3-2-14-31(17-20)38(34,35)25-9-6-21(7-10-25)22-4-1-5-24(15-22)30-28(33)29(12-13-29)23-8-11-26-27(16-23)37-19-36-26/h1,4-11,15-16,20,32H,2-3,12-14,17-19H2,(H,30,33). The molecule has 2 aliphatic heterocycles. The van der Waals surface area contributed by atoms with E-state index in [2.05, 4.69) is 5.32 Å². The van der Waals surface area contributed by atoms with E-state index in [0.717, 1.165) is 42.4 Å². The number of piperidine rings is 1. The van der Waals surface area contributed by atoms with Crippen LogP contribution in [0.4, 0.5) is 5.69 Å². The number of hydrogen-bond donors (Lipinski definition) is 2. The van der Waals surface area contributed by atoms with E-state index in [1.165, 1.54) is 4.31 Å². The number of rotatable bonds is 7. The van der Waals surface area contributed by atoms with Gasteiger partial charge in [0, 0.05) is 25.4 Å². The van der Waals surface area contributed by atoms with Gasteiger partial charge in [-0.25, -0.2) is 8.42 Å². The maximum absolute atomic E-state index is 13.3. The molecule has 38 heavy (non-hydrogen) atoms. The SMILES string of the molecule is O=C(Nc1cccc(-c2ccc(S(=O)(=O)N3CCCC(CO)C3)cc2)c1)C1(c2ccc3c(c2)OCO3)CC1. The van der Waals surface area contributed by atoms with Crippen LogP contribution in [0.3, 0.4) is 0 Å². The monoisotopic (exact) mass is 534 g/mol. The van der Waals surface area contributed by atoms with Crippen molar-refractivity contribution >= 4 is 21.6 Å². The second-order valence-electron chi connectivity index (χ2n) is 10.3. The van der Waals surface area contributed by atoms with Gasteiger partial charge in [0.25, 0.3) is 0 Å². The molecule has 1 saturated carbocycles. The number of anilines is 1. The molecular formula is C29H30N2O6S. The molecule has 3 aromatic carbocycles. The number of carbonyl (C=O) groups is 1. The van der Waals surface area contributed by atoms with Crippen molar-refractivity contribution in [2.45, 2.75) is 36.0 Å². The fourth-order valence-electron chi connectivity index (χ4n) is 5.36. The van der Waals surface area contributed by atoms with Crippen LogP contribution < -0.4 is 14.8 Å². The summed E-state index contributed by atoms with van der Waals surface area (Å²) in [7, 11) is -3.62. The summed E-state index contributed by atoms with van der Waals surface area (Å²) in [5, 5.41) is 12.5. The molecule has 3 aromatic rings. The third-order valence-electron chi connectivity index (χ3n) is 7.80. The van der Waals surface area contributed by atoms with Gasteiger partial charge < -0.3 is 19.9 Å². The van der Waals surface area contributed by atoms with Gasteiger partial charge in [0.1, 0.15) is 0 Å². The lowest BCUT2D eigenvalue weighted by Gasteiger charge is -2.31. The summed E-state index contributed by atoms with van der Waals surface area (Å²) < 4.78 is 38.6. The fourth-order valence-corrected chi connectivity index (χ4v) is 6.91. The average Bonchev–Trinajstić information content (AvgIpc) is 3.64. The van der Waals surface area contributed by atoms with Gasteiger partial charge in [-0.05, 0) is 84.7 Å². The van der Waals surface area contributed by atoms with Gasteiger partial charge in [-0.15, -0.1) is 0 Å². The van der Waals surface area contributed by atoms with Gasteiger partial charge in [0.05, 0.1) is 10.3 Å². The number of aliphatic hydroxyl groups is 1. The number of carbonyl (C=O) groups excluding carboxylic acids is 1. The molecule has 6 rings (SSSR count). The van der Waals surface area contributed by atoms with Gasteiger partial charge in [-0.1, -0.05) is 30.3 Å². The molecule has 2 heterocycles. The average molecular weight is 535 g/mol. The van der Waals surface area contributed by atoms with E-state index in [-0.39, 0.29) is 30.1 Å². The second-order valence-corrected chi connectivity index (χ2v) is 12.2. The molecule has 3 aliphatic rings. The summed E-state index contributed by atoms with van der Waals surface area (Å²) in [6.07, 6.45) is 3.12. The summed E-state index contributed by atoms with van der Waals surface area (Å²) in [5.74, 6) is 1.29. The third kappa shape index (κ3) is 4.55. The highest BCUT2D eigenvalue weighted by Gasteiger charge is 2.51. The number of hydrogen-bond acceptors (Lipinski definition) is 6. The van der Waals surface area contributed by atoms with E-state index >= 15 is 0 Å². The van der Waals surface area contributed by atoms with Gasteiger partial charge in [0.15, 0.2) is 11.5 Å². The molecule has 1 unspecified atom stereocenters. The zero-order valence-corrected chi connectivity index (χ0v) is 21.7. The molecule has 8 nitrogen and oxygen atoms in total. The number of nitrogens with zero attached hydrogens (tertiary/aromatic N) is 1. The highest BCUT2D eigenvalue weighted by atomic mass is 32.2. The molecule has 0 aromatic heterocycles. The Labute approximate surface area is 222 Å². The Morgan fingerprint density at radius 3 is 2.55 bits per heavy atom. The lowest BCUT2D eigenvalue weighted by molar-refractivity contribution is -0.118. The number of ether oxygens (including phenoxy) is 2. The molecule has 9 heteroatoms. The van der Waals surface area contributed by atoms with Crippen LogP contribution in [0.2, 0.25) is 0 Å². The molecule has 1 atom stereocenters. The van der Waals surface area contributed by atoms with Crippen molar-refractivity contribution in [2.75, 3.05) is 31.8 Å². The van der Waals surface area contributed by atoms with E-state index in [0.29, 0.717) is 30.3 Å². The van der Waals surface area contributed by atoms with Crippen LogP contribution in [0, 0.1) is 5.92 Å². The molecule has 1 saturated heterocycles. The molecular weight excluding hydrogens is 504 g/mol. The minimum Gasteiger partial charge on any atom is -0.454 e. The van der Waals surface area contributed by atoms with Crippen LogP contribution in [-0.2, 0) is 20.2 Å². The number of sulfonamides is 1. The molecule has 0 spiro atoms. The predicted octanol–water partition coefficient (Wildman–Crippen LogP) is 4.15. The first-order valence-corrected chi connectivity index (χ1v) is 14.4. The van der Waals surface area contributed by atoms with Crippen molar-refractivity contribution in [3.63, 3.8) is 0 Å². The first-order chi connectivity index (χ1) is 18.4. The number of nitrogens with one attached hydrogen (secondary N) is 1. The molecule has 2 N–H and O–H groups in total. The van der Waals surface area contributed by atoms with Gasteiger partial charge >= 0.3 is 0 Å². The molecule has 198 valence electrons. The van der Waals surface area contributed by atoms with E-state index in [1.807, 2.05) is 42.5 Å². The van der Waals surface area contributed by atoms with Crippen molar-refractivity contribution in [2.24, 2.45) is 5.92 Å². The minimum atomic E-state index is -3.62. The van der Waals surface area contributed by atoms with Crippen LogP contribution in [0.5, 0.6) is 11.5 Å². The number of benzene rings is 3. The maximum atomic E-state index is 13.3. The summed E-state index contributed by atoms with van der Waals surface area (Å²) in [6.45, 7) is 1.00. The summed E-state index contributed by atoms with van der Waals surface area (Å²) in [6, 6.07) is 20.1. The van der Waals surface area contributed by atoms with Crippen LogP contribution in [0.15, 0.2) is 71.6 Å². The highest BCUT2D eigenvalue weighted by Crippen LogP contribution is 2.51. The van der Waals surface area contributed by atoms with E-state index < -0.39 is 15.4 Å². The number of fused-ring (bicyclic) bond motifs is 1. The van der Waals surface area contributed by atoms with Crippen molar-refractivity contribution in [3.05, 3.63) is 72.3 Å². The Kier molecular flexibility index (Phi) is 6.37. The number of aliphatic hydroxyl groups excluding tert-OH is 1. The highest BCUT2D eigenvalue weighted by molar-refractivity contribution is 7.89. The fraction of sp³-hybridized carbons (Fsp3) is 0.345. The topological polar surface area (TPSA) is 105 Å². The first-order valence-electron chi connectivity index (χ1n) is 12.9. The van der Waals surface area contributed by atoms with Crippen molar-refractivity contribution in [1.82, 2.24) is 4.31 Å². The van der Waals surface area contributed by atoms with E-state index in [9.17, 15) is 18.3 Å². The summed E-state index contributed by atoms with van der Waals surface area (Å²) >= 11 is 0. The summed E-state index contributed by atoms with van der Waals surface area (Å²) in [5.41, 5.74) is 2.75. The van der Waals surface area contributed by atoms with Crippen molar-refractivity contribution in [3.8, 4) is 22.6 Å². The lowest BCUT2D eigenvalue weighted by atomic mass is 9.94. The third-order valence-corrected chi connectivity index (χ3v) is 9.67. The van der Waals surface area contributed by atoms with Crippen molar-refractivity contribution < 1.29 is 27.8 Å². The predicted molar refractivity (Wildman–Crippen MR) is 143 cm³/mol. The van der Waals surface area contributed by atoms with Crippen molar-refractivity contribution in [1.29, 1.82) is 0 Å². The molecule has 1 aliphatic carbocycles. The first kappa shape index (κ1) is 24.9. The van der Waals surface area contributed by atoms with Gasteiger partial charge in [-0.3, -0.25) is 4.79 Å². The van der Waals surface area contributed by atoms with Crippen LogP contribution in [0.25, 0.3) is 11.1 Å². The quantitative estimate of drug-likeness (QED) is 0.472. The van der Waals surface area contributed by atoms with Gasteiger partial charge in [0.2, 0.25) is 22.7 Å². The normalized spacial score (nSPS) is 20.2. The molecule has 2 fully saturated rings. The smallest absolute Gasteiger partial charge is 0.243 e. The minimum absolute atomic E-state index is 0.00432. The van der Waals surface area contributed by atoms with Crippen LogP contribution in [-0.4, -0.2) is 50.2 Å². The Morgan fingerprint density at radius 2 is 1.79 bits per heavy atom. The van der Waals surface area contributed by atoms with E-state index in [1.54, 1.807) is 24.3 Å². The molecule has 0 radical (unpaired) electrons. The Morgan fingerprint density at radius 1 is 1.00 bits per heavy atom. The zero-order chi connectivity index (χ0) is 26.3. The lowest BCUT2D eigenvalue weighted by Crippen LogP contribution is -2.40. The van der Waals surface area contributed by atoms with E-state index in [4.69, 9.17) is 9.47 Å². The van der Waals surface area contributed by atoms with Crippen LogP contribution in [0.1, 0.15) is 31.2 Å². The van der Waals surface area contributed by atoms with Gasteiger partial charge in [-0.2, -0.15) is 4.31 Å². The maximum Gasteiger partial charge on any atom is 0.243 e. The Bertz CT molecular complexity index is 1470. The number of amides is 1. The molecule has 1 amide bonds. The largest absolute Gasteiger partial charge is 0.454 e. The Balaban J connectivity index is 1.17. The zero-order valence-electron chi connectivity index (χ0n) is 20.9. The van der Waals surface area contributed by atoms with Crippen LogP contribution >= 0.6 is 0 Å². The second kappa shape index (κ2) is 9.72. The summed E-state index contributed by atoms with van der Waals surface area (Å²) in [4.78, 5) is 13.6. The molecule has 0 bridgehead atoms. The Hall–Kier alpha value is -3.40.